The van der Waals surface area contributed by atoms with Gasteiger partial charge in [-0.1, -0.05) is 62.7 Å². The highest BCUT2D eigenvalue weighted by atomic mass is 35.5. The van der Waals surface area contributed by atoms with Gasteiger partial charge in [-0.3, -0.25) is 29.3 Å². The van der Waals surface area contributed by atoms with Crippen molar-refractivity contribution < 1.29 is 46.9 Å². The van der Waals surface area contributed by atoms with E-state index in [1.807, 2.05) is 31.2 Å². The predicted molar refractivity (Wildman–Crippen MR) is 270 cm³/mol. The number of ketones is 1. The number of ether oxygens (including phenoxy) is 2. The minimum absolute atomic E-state index is 0. The highest BCUT2D eigenvalue weighted by molar-refractivity contribution is 7.13. The van der Waals surface area contributed by atoms with Crippen LogP contribution < -0.4 is 25.7 Å². The molecular weight excluding hydrogens is 1010 g/mol. The van der Waals surface area contributed by atoms with Crippen LogP contribution in [0.25, 0.3) is 21.6 Å². The number of aryl methyl sites for hydroxylation is 3. The van der Waals surface area contributed by atoms with Crippen molar-refractivity contribution in [3.05, 3.63) is 123 Å². The average Bonchev–Trinajstić information content (AvgIpc) is 4.15. The molecule has 16 nitrogen and oxygen atoms in total. The fraction of sp³-hybridized carbons (Fsp3) is 0.392. The zero-order chi connectivity index (χ0) is 51.8. The van der Waals surface area contributed by atoms with Crippen molar-refractivity contribution in [3.63, 3.8) is 0 Å². The second kappa shape index (κ2) is 21.9. The molecule has 5 heterocycles. The van der Waals surface area contributed by atoms with E-state index in [-0.39, 0.29) is 103 Å². The SMILES string of the molecule is CCn1cc(-c2cc(Cn3ccn(C)c3=N)cc3c2OCC(Cc2ccc(Cl)c(OCC(=O)N[C@H](C(=O)N4C[C@H](O)C[C@H]4C(=O)NCc4ccc(-c5scnc5C)cc4)C(C)(C)C)c2)C3=O)c(C(F)(F)F)n1.Cl. The first-order valence-corrected chi connectivity index (χ1v) is 24.6. The third-order valence-corrected chi connectivity index (χ3v) is 14.1. The number of carbonyl (C=O) groups is 4. The maximum atomic E-state index is 14.4. The van der Waals surface area contributed by atoms with Crippen LogP contribution in [-0.4, -0.2) is 95.4 Å². The number of alkyl halides is 3. The molecule has 1 fully saturated rings. The van der Waals surface area contributed by atoms with Gasteiger partial charge in [0, 0.05) is 62.8 Å². The second-order valence-electron chi connectivity index (χ2n) is 19.2. The smallest absolute Gasteiger partial charge is 0.435 e. The number of thiazole rings is 1. The van der Waals surface area contributed by atoms with E-state index in [9.17, 15) is 37.5 Å². The van der Waals surface area contributed by atoms with E-state index < -0.39 is 65.7 Å². The van der Waals surface area contributed by atoms with Crippen molar-refractivity contribution in [2.75, 3.05) is 19.8 Å². The normalized spacial score (nSPS) is 17.1. The lowest BCUT2D eigenvalue weighted by molar-refractivity contribution is -0.144. The van der Waals surface area contributed by atoms with Gasteiger partial charge >= 0.3 is 6.18 Å². The van der Waals surface area contributed by atoms with Crippen LogP contribution in [-0.2, 0) is 53.7 Å². The number of hydrogen-bond acceptors (Lipinski definition) is 11. The maximum absolute atomic E-state index is 14.4. The summed E-state index contributed by atoms with van der Waals surface area (Å²) in [7, 11) is 1.69. The quantitative estimate of drug-likeness (QED) is 0.0811. The lowest BCUT2D eigenvalue weighted by Crippen LogP contribution is -2.58. The molecule has 3 aromatic carbocycles. The van der Waals surface area contributed by atoms with Gasteiger partial charge in [-0.2, -0.15) is 18.3 Å². The number of rotatable bonds is 15. The molecule has 2 aliphatic heterocycles. The van der Waals surface area contributed by atoms with Gasteiger partial charge in [0.1, 0.15) is 23.6 Å². The molecule has 2 aliphatic rings. The number of β-amino-alcohol motifs (C(OH)–C–C–N with tert-alkyl or cyclic N) is 1. The molecule has 22 heteroatoms. The van der Waals surface area contributed by atoms with E-state index in [0.29, 0.717) is 11.1 Å². The minimum atomic E-state index is -4.80. The van der Waals surface area contributed by atoms with Gasteiger partial charge in [-0.25, -0.2) is 4.98 Å². The molecule has 4 N–H and O–H groups in total. The predicted octanol–water partition coefficient (Wildman–Crippen LogP) is 7.39. The number of carbonyl (C=O) groups excluding carboxylic acids is 4. The Morgan fingerprint density at radius 2 is 1.74 bits per heavy atom. The molecule has 0 radical (unpaired) electrons. The summed E-state index contributed by atoms with van der Waals surface area (Å²) >= 11 is 8.09. The standard InChI is InChI=1S/C51H55ClF3N9O7S.ClH/c1-7-63-24-37(45(60-63)51(53,54)55)35-17-31(22-62-15-14-61(6)49(62)56)18-36-42(67)33(25-71-43(35)36)16-30-10-13-38(52)40(19-30)70-26-41(66)59-46(50(3,4)5)48(69)64-23-34(65)20-39(64)47(68)57-21-29-8-11-32(12-9-29)44-28(2)58-27-72-44;/h8-15,17-19,24,27,33-34,39,46,56,65H,7,16,20-23,25-26H2,1-6H3,(H,57,68)(H,59,66);1H/t33?,34-,39+,46-;/m1./s1. The number of aromatic nitrogens is 5. The highest BCUT2D eigenvalue weighted by Gasteiger charge is 2.45. The van der Waals surface area contributed by atoms with Gasteiger partial charge in [0.15, 0.2) is 18.1 Å². The Bertz CT molecular complexity index is 3090. The Hall–Kier alpha value is -6.48. The summed E-state index contributed by atoms with van der Waals surface area (Å²) in [6, 6.07) is 13.6. The third kappa shape index (κ3) is 12.0. The molecule has 73 heavy (non-hydrogen) atoms. The first-order valence-electron chi connectivity index (χ1n) is 23.3. The van der Waals surface area contributed by atoms with Gasteiger partial charge in [0.25, 0.3) is 5.91 Å². The Labute approximate surface area is 434 Å². The molecule has 0 aliphatic carbocycles. The van der Waals surface area contributed by atoms with Crippen molar-refractivity contribution in [1.82, 2.24) is 39.4 Å². The summed E-state index contributed by atoms with van der Waals surface area (Å²) in [6.45, 7) is 8.53. The summed E-state index contributed by atoms with van der Waals surface area (Å²) in [6.07, 6.45) is -1.01. The molecule has 8 rings (SSSR count). The Kier molecular flexibility index (Phi) is 16.3. The molecule has 0 spiro atoms. The monoisotopic (exact) mass is 1070 g/mol. The number of fused-ring (bicyclic) bond motifs is 1. The number of Topliss-reactive ketones (excluding diaryl/α,β-unsaturated/α-hetero) is 1. The Morgan fingerprint density at radius 1 is 1.03 bits per heavy atom. The van der Waals surface area contributed by atoms with Crippen molar-refractivity contribution in [2.45, 2.75) is 91.5 Å². The molecule has 3 amide bonds. The fourth-order valence-corrected chi connectivity index (χ4v) is 9.97. The maximum Gasteiger partial charge on any atom is 0.435 e. The number of nitrogens with one attached hydrogen (secondary N) is 3. The first kappa shape index (κ1) is 54.3. The molecule has 6 aromatic rings. The third-order valence-electron chi connectivity index (χ3n) is 12.8. The average molecular weight is 1070 g/mol. The lowest BCUT2D eigenvalue weighted by Gasteiger charge is -2.35. The van der Waals surface area contributed by atoms with Gasteiger partial charge < -0.3 is 39.2 Å². The van der Waals surface area contributed by atoms with Gasteiger partial charge in [0.2, 0.25) is 17.4 Å². The first-order chi connectivity index (χ1) is 34.1. The molecule has 0 bridgehead atoms. The highest BCUT2D eigenvalue weighted by Crippen LogP contribution is 2.44. The van der Waals surface area contributed by atoms with Crippen molar-refractivity contribution in [1.29, 1.82) is 5.41 Å². The molecule has 3 aromatic heterocycles. The number of imidazole rings is 1. The van der Waals surface area contributed by atoms with Crippen LogP contribution >= 0.6 is 35.3 Å². The Balaban J connectivity index is 0.00000780. The van der Waals surface area contributed by atoms with Crippen LogP contribution in [0.2, 0.25) is 5.02 Å². The van der Waals surface area contributed by atoms with E-state index in [1.54, 1.807) is 97.4 Å². The number of benzene rings is 3. The van der Waals surface area contributed by atoms with E-state index in [2.05, 4.69) is 20.7 Å². The summed E-state index contributed by atoms with van der Waals surface area (Å²) in [4.78, 5) is 62.5. The fourth-order valence-electron chi connectivity index (χ4n) is 8.98. The zero-order valence-corrected chi connectivity index (χ0v) is 43.3. The van der Waals surface area contributed by atoms with Crippen LogP contribution in [0.5, 0.6) is 11.5 Å². The van der Waals surface area contributed by atoms with E-state index in [1.165, 1.54) is 21.8 Å². The second-order valence-corrected chi connectivity index (χ2v) is 20.5. The number of nitrogens with zero attached hydrogens (tertiary/aromatic N) is 6. The molecular formula is C51H56Cl2F3N9O7S. The summed E-state index contributed by atoms with van der Waals surface area (Å²) in [5.74, 6) is -2.68. The van der Waals surface area contributed by atoms with Crippen LogP contribution in [0.3, 0.4) is 0 Å². The topological polar surface area (TPSA) is 199 Å². The largest absolute Gasteiger partial charge is 0.491 e. The number of hydrogen-bond donors (Lipinski definition) is 4. The summed E-state index contributed by atoms with van der Waals surface area (Å²) < 4.78 is 59.7. The van der Waals surface area contributed by atoms with Crippen molar-refractivity contribution in [2.24, 2.45) is 18.4 Å². The zero-order valence-electron chi connectivity index (χ0n) is 40.9. The van der Waals surface area contributed by atoms with E-state index >= 15 is 0 Å². The minimum Gasteiger partial charge on any atom is -0.491 e. The molecule has 4 atom stereocenters. The lowest BCUT2D eigenvalue weighted by atomic mass is 9.85. The van der Waals surface area contributed by atoms with Crippen molar-refractivity contribution >= 4 is 58.8 Å². The van der Waals surface area contributed by atoms with Crippen LogP contribution in [0.4, 0.5) is 13.2 Å². The summed E-state index contributed by atoms with van der Waals surface area (Å²) in [5, 5.41) is 28.7. The molecule has 0 saturated carbocycles. The van der Waals surface area contributed by atoms with Crippen LogP contribution in [0, 0.1) is 23.7 Å². The van der Waals surface area contributed by atoms with Crippen LogP contribution in [0.15, 0.2) is 78.7 Å². The van der Waals surface area contributed by atoms with E-state index in [4.69, 9.17) is 26.5 Å². The molecule has 1 saturated heterocycles. The van der Waals surface area contributed by atoms with Gasteiger partial charge in [0.05, 0.1) is 51.8 Å². The summed E-state index contributed by atoms with van der Waals surface area (Å²) in [5.41, 5.74) is 3.72. The van der Waals surface area contributed by atoms with Gasteiger partial charge in [-0.05, 0) is 72.2 Å². The van der Waals surface area contributed by atoms with Gasteiger partial charge in [-0.15, -0.1) is 23.7 Å². The number of likely N-dealkylation sites (tertiary alicyclic amines) is 1. The van der Waals surface area contributed by atoms with Crippen LogP contribution in [0.1, 0.15) is 72.6 Å². The number of halogens is 5. The number of aliphatic hydroxyl groups is 1. The molecule has 388 valence electrons. The Morgan fingerprint density at radius 3 is 2.38 bits per heavy atom. The van der Waals surface area contributed by atoms with Crippen molar-refractivity contribution in [3.8, 4) is 33.1 Å². The number of amides is 3. The molecule has 1 unspecified atom stereocenters. The van der Waals surface area contributed by atoms with E-state index in [0.717, 1.165) is 21.7 Å². The number of aliphatic hydroxyl groups excluding tert-OH is 1.